The van der Waals surface area contributed by atoms with Gasteiger partial charge in [0.25, 0.3) is 0 Å². The van der Waals surface area contributed by atoms with Gasteiger partial charge in [0.2, 0.25) is 11.8 Å². The first kappa shape index (κ1) is 14.0. The van der Waals surface area contributed by atoms with Gasteiger partial charge in [0.1, 0.15) is 0 Å². The lowest BCUT2D eigenvalue weighted by molar-refractivity contribution is -0.142. The highest BCUT2D eigenvalue weighted by molar-refractivity contribution is 5.83. The topological polar surface area (TPSA) is 61.4 Å². The van der Waals surface area contributed by atoms with Crippen molar-refractivity contribution in [1.29, 1.82) is 0 Å². The molecule has 1 rings (SSSR count). The minimum atomic E-state index is -0.0288. The lowest BCUT2D eigenvalue weighted by atomic mass is 9.98. The number of hydrogen-bond acceptors (Lipinski definition) is 3. The zero-order valence-electron chi connectivity index (χ0n) is 10.8. The Kier molecular flexibility index (Phi) is 5.97. The number of nitrogens with one attached hydrogen (secondary N) is 2. The average molecular weight is 241 g/mol. The van der Waals surface area contributed by atoms with Crippen molar-refractivity contribution in [3.63, 3.8) is 0 Å². The van der Waals surface area contributed by atoms with Crippen molar-refractivity contribution in [3.8, 4) is 0 Å². The monoisotopic (exact) mass is 241 g/mol. The number of amides is 2. The summed E-state index contributed by atoms with van der Waals surface area (Å²) in [5.74, 6) is -0.00865. The Morgan fingerprint density at radius 2 is 2.00 bits per heavy atom. The molecule has 1 heterocycles. The molecule has 1 aliphatic rings. The summed E-state index contributed by atoms with van der Waals surface area (Å²) in [7, 11) is 1.62. The van der Waals surface area contributed by atoms with Crippen LogP contribution in [0.4, 0.5) is 0 Å². The Bertz CT molecular complexity index is 262. The number of piperidine rings is 1. The van der Waals surface area contributed by atoms with Gasteiger partial charge in [-0.2, -0.15) is 0 Å². The van der Waals surface area contributed by atoms with Crippen LogP contribution in [0.2, 0.25) is 0 Å². The van der Waals surface area contributed by atoms with Crippen LogP contribution >= 0.6 is 0 Å². The molecule has 5 nitrogen and oxygen atoms in total. The molecule has 17 heavy (non-hydrogen) atoms. The molecule has 5 heteroatoms. The largest absolute Gasteiger partial charge is 0.317 e. The van der Waals surface area contributed by atoms with Crippen molar-refractivity contribution < 1.29 is 9.59 Å². The normalized spacial score (nSPS) is 16.6. The second-order valence-electron chi connectivity index (χ2n) is 4.56. The Morgan fingerprint density at radius 1 is 1.35 bits per heavy atom. The van der Waals surface area contributed by atoms with Crippen molar-refractivity contribution >= 4 is 11.8 Å². The standard InChI is InChI=1S/C12H23N3O2/c1-3-4-5-11(16)15(2)14-12(17)10-6-8-13-9-7-10/h10,13H,3-9H2,1-2H3,(H,14,17). The van der Waals surface area contributed by atoms with Gasteiger partial charge in [0, 0.05) is 19.4 Å². The lowest BCUT2D eigenvalue weighted by Crippen LogP contribution is -2.47. The molecule has 0 aromatic rings. The third-order valence-electron chi connectivity index (χ3n) is 3.11. The van der Waals surface area contributed by atoms with E-state index in [2.05, 4.69) is 10.7 Å². The predicted molar refractivity (Wildman–Crippen MR) is 66.0 cm³/mol. The number of hydrogen-bond donors (Lipinski definition) is 2. The molecular weight excluding hydrogens is 218 g/mol. The van der Waals surface area contributed by atoms with Crippen molar-refractivity contribution in [2.75, 3.05) is 20.1 Å². The van der Waals surface area contributed by atoms with Crippen LogP contribution in [-0.4, -0.2) is 37.0 Å². The van der Waals surface area contributed by atoms with Gasteiger partial charge >= 0.3 is 0 Å². The summed E-state index contributed by atoms with van der Waals surface area (Å²) < 4.78 is 0. The highest BCUT2D eigenvalue weighted by atomic mass is 16.2. The minimum absolute atomic E-state index is 0.0193. The van der Waals surface area contributed by atoms with E-state index in [9.17, 15) is 9.59 Å². The number of carbonyl (C=O) groups excluding carboxylic acids is 2. The second kappa shape index (κ2) is 7.27. The molecule has 1 aliphatic heterocycles. The Morgan fingerprint density at radius 3 is 2.59 bits per heavy atom. The van der Waals surface area contributed by atoms with E-state index in [1.165, 1.54) is 5.01 Å². The van der Waals surface area contributed by atoms with Crippen LogP contribution in [0.3, 0.4) is 0 Å². The van der Waals surface area contributed by atoms with Crippen LogP contribution in [0.5, 0.6) is 0 Å². The summed E-state index contributed by atoms with van der Waals surface area (Å²) in [5.41, 5.74) is 2.68. The first-order valence-corrected chi connectivity index (χ1v) is 6.43. The maximum Gasteiger partial charge on any atom is 0.241 e. The van der Waals surface area contributed by atoms with Crippen LogP contribution in [0.15, 0.2) is 0 Å². The average Bonchev–Trinajstić information content (AvgIpc) is 2.36. The van der Waals surface area contributed by atoms with Gasteiger partial charge in [-0.25, -0.2) is 0 Å². The number of carbonyl (C=O) groups is 2. The number of nitrogens with zero attached hydrogens (tertiary/aromatic N) is 1. The molecule has 2 N–H and O–H groups in total. The summed E-state index contributed by atoms with van der Waals surface area (Å²) in [4.78, 5) is 23.5. The van der Waals surface area contributed by atoms with E-state index in [0.29, 0.717) is 6.42 Å². The third kappa shape index (κ3) is 4.73. The smallest absolute Gasteiger partial charge is 0.241 e. The van der Waals surface area contributed by atoms with E-state index < -0.39 is 0 Å². The van der Waals surface area contributed by atoms with Gasteiger partial charge < -0.3 is 5.32 Å². The van der Waals surface area contributed by atoms with Crippen molar-refractivity contribution in [2.45, 2.75) is 39.0 Å². The van der Waals surface area contributed by atoms with E-state index in [4.69, 9.17) is 0 Å². The maximum atomic E-state index is 11.9. The Hall–Kier alpha value is -1.10. The van der Waals surface area contributed by atoms with Gasteiger partial charge in [0.05, 0.1) is 0 Å². The summed E-state index contributed by atoms with van der Waals surface area (Å²) in [6.45, 7) is 3.80. The highest BCUT2D eigenvalue weighted by Crippen LogP contribution is 2.11. The summed E-state index contributed by atoms with van der Waals surface area (Å²) in [6.07, 6.45) is 4.05. The second-order valence-corrected chi connectivity index (χ2v) is 4.56. The van der Waals surface area contributed by atoms with Crippen LogP contribution in [0.25, 0.3) is 0 Å². The zero-order valence-corrected chi connectivity index (χ0v) is 10.8. The van der Waals surface area contributed by atoms with E-state index in [0.717, 1.165) is 38.8 Å². The summed E-state index contributed by atoms with van der Waals surface area (Å²) in [5, 5.41) is 4.55. The van der Waals surface area contributed by atoms with Crippen LogP contribution < -0.4 is 10.7 Å². The first-order chi connectivity index (χ1) is 8.15. The third-order valence-corrected chi connectivity index (χ3v) is 3.11. The maximum absolute atomic E-state index is 11.9. The SMILES string of the molecule is CCCCC(=O)N(C)NC(=O)C1CCNCC1. The molecule has 2 amide bonds. The van der Waals surface area contributed by atoms with E-state index in [1.54, 1.807) is 7.05 Å². The molecule has 0 radical (unpaired) electrons. The van der Waals surface area contributed by atoms with Crippen molar-refractivity contribution in [3.05, 3.63) is 0 Å². The van der Waals surface area contributed by atoms with Gasteiger partial charge in [-0.1, -0.05) is 13.3 Å². The van der Waals surface area contributed by atoms with Crippen LogP contribution in [-0.2, 0) is 9.59 Å². The Labute approximate surface area is 103 Å². The van der Waals surface area contributed by atoms with Gasteiger partial charge in [-0.05, 0) is 32.4 Å². The van der Waals surface area contributed by atoms with Gasteiger partial charge in [-0.15, -0.1) is 0 Å². The van der Waals surface area contributed by atoms with Crippen LogP contribution in [0, 0.1) is 5.92 Å². The molecule has 0 aromatic carbocycles. The molecule has 0 unspecified atom stereocenters. The van der Waals surface area contributed by atoms with Gasteiger partial charge in [0.15, 0.2) is 0 Å². The Balaban J connectivity index is 2.31. The van der Waals surface area contributed by atoms with E-state index >= 15 is 0 Å². The fraction of sp³-hybridized carbons (Fsp3) is 0.833. The predicted octanol–water partition coefficient (Wildman–Crippen LogP) is 0.666. The molecule has 98 valence electrons. The molecule has 0 saturated carbocycles. The van der Waals surface area contributed by atoms with Crippen LogP contribution in [0.1, 0.15) is 39.0 Å². The van der Waals surface area contributed by atoms with Crippen molar-refractivity contribution in [1.82, 2.24) is 15.8 Å². The fourth-order valence-corrected chi connectivity index (χ4v) is 1.90. The number of unbranched alkanes of at least 4 members (excludes halogenated alkanes) is 1. The first-order valence-electron chi connectivity index (χ1n) is 6.43. The van der Waals surface area contributed by atoms with Crippen molar-refractivity contribution in [2.24, 2.45) is 5.92 Å². The molecule has 0 aliphatic carbocycles. The fourth-order valence-electron chi connectivity index (χ4n) is 1.90. The van der Waals surface area contributed by atoms with Gasteiger partial charge in [-0.3, -0.25) is 20.0 Å². The molecule has 0 spiro atoms. The number of rotatable bonds is 4. The zero-order chi connectivity index (χ0) is 12.7. The molecule has 0 bridgehead atoms. The minimum Gasteiger partial charge on any atom is -0.317 e. The molecule has 1 fully saturated rings. The number of hydrazine groups is 1. The molecule has 1 saturated heterocycles. The molecule has 0 atom stereocenters. The lowest BCUT2D eigenvalue weighted by Gasteiger charge is -2.25. The van der Waals surface area contributed by atoms with E-state index in [-0.39, 0.29) is 17.7 Å². The quantitative estimate of drug-likeness (QED) is 0.711. The summed E-state index contributed by atoms with van der Waals surface area (Å²) in [6, 6.07) is 0. The van der Waals surface area contributed by atoms with E-state index in [1.807, 2.05) is 6.92 Å². The highest BCUT2D eigenvalue weighted by Gasteiger charge is 2.22. The summed E-state index contributed by atoms with van der Waals surface area (Å²) >= 11 is 0. The molecule has 0 aromatic heterocycles. The molecular formula is C12H23N3O2.